The molecule has 5 heteroatoms. The summed E-state index contributed by atoms with van der Waals surface area (Å²) in [4.78, 5) is 21.9. The first-order valence-electron chi connectivity index (χ1n) is 8.06. The lowest BCUT2D eigenvalue weighted by atomic mass is 10.1. The van der Waals surface area contributed by atoms with Gasteiger partial charge in [-0.25, -0.2) is 4.99 Å². The second-order valence-corrected chi connectivity index (χ2v) is 6.26. The molecule has 0 radical (unpaired) electrons. The molecule has 1 amide bonds. The van der Waals surface area contributed by atoms with E-state index >= 15 is 0 Å². The lowest BCUT2D eigenvalue weighted by molar-refractivity contribution is -0.110. The summed E-state index contributed by atoms with van der Waals surface area (Å²) in [5.74, 6) is -0.0730. The van der Waals surface area contributed by atoms with Crippen LogP contribution in [0.5, 0.6) is 0 Å². The molecule has 4 rings (SSSR count). The fourth-order valence-corrected chi connectivity index (χ4v) is 2.92. The van der Waals surface area contributed by atoms with Crippen LogP contribution in [0.2, 0.25) is 0 Å². The predicted octanol–water partition coefficient (Wildman–Crippen LogP) is 3.88. The van der Waals surface area contributed by atoms with Crippen molar-refractivity contribution in [3.05, 3.63) is 59.8 Å². The van der Waals surface area contributed by atoms with Crippen molar-refractivity contribution in [2.45, 2.75) is 0 Å². The molecule has 0 saturated carbocycles. The molecule has 0 atom stereocenters. The minimum absolute atomic E-state index is 0.0730. The summed E-state index contributed by atoms with van der Waals surface area (Å²) in [6.07, 6.45) is 3.67. The van der Waals surface area contributed by atoms with Crippen LogP contribution >= 0.6 is 0 Å². The average molecular weight is 330 g/mol. The monoisotopic (exact) mass is 330 g/mol. The summed E-state index contributed by atoms with van der Waals surface area (Å²) >= 11 is 0. The van der Waals surface area contributed by atoms with Gasteiger partial charge in [0.05, 0.1) is 17.6 Å². The second kappa shape index (κ2) is 5.94. The summed E-state index contributed by atoms with van der Waals surface area (Å²) in [6.45, 7) is 0. The molecular formula is C20H18N4O. The van der Waals surface area contributed by atoms with E-state index < -0.39 is 0 Å². The molecule has 124 valence electrons. The molecule has 0 spiro atoms. The molecule has 0 saturated heterocycles. The SMILES string of the molecule is CN(C)C=Nc1ccc2[nH]c(/C=C3/C(=O)Nc4ccccc43)cc2c1. The van der Waals surface area contributed by atoms with Gasteiger partial charge in [-0.3, -0.25) is 4.79 Å². The Hall–Kier alpha value is -3.34. The van der Waals surface area contributed by atoms with Gasteiger partial charge in [-0.2, -0.15) is 0 Å². The minimum atomic E-state index is -0.0730. The number of H-pyrrole nitrogens is 1. The van der Waals surface area contributed by atoms with Crippen LogP contribution in [0, 0.1) is 0 Å². The van der Waals surface area contributed by atoms with E-state index in [9.17, 15) is 4.79 Å². The molecule has 25 heavy (non-hydrogen) atoms. The maximum Gasteiger partial charge on any atom is 0.256 e. The standard InChI is InChI=1S/C20H18N4O/c1-24(2)12-21-14-7-8-18-13(9-14)10-15(22-18)11-17-16-5-3-4-6-19(16)23-20(17)25/h3-12,22H,1-2H3,(H,23,25)/b17-11+,21-12?. The van der Waals surface area contributed by atoms with Crippen LogP contribution in [0.3, 0.4) is 0 Å². The molecule has 1 aromatic heterocycles. The number of hydrogen-bond donors (Lipinski definition) is 2. The van der Waals surface area contributed by atoms with E-state index in [0.29, 0.717) is 5.57 Å². The molecule has 1 aliphatic heterocycles. The van der Waals surface area contributed by atoms with Gasteiger partial charge in [0.25, 0.3) is 5.91 Å². The highest BCUT2D eigenvalue weighted by Crippen LogP contribution is 2.33. The van der Waals surface area contributed by atoms with E-state index in [1.54, 1.807) is 6.34 Å². The average Bonchev–Trinajstić information content (AvgIpc) is 3.13. The molecule has 2 aromatic carbocycles. The fraction of sp³-hybridized carbons (Fsp3) is 0.100. The van der Waals surface area contributed by atoms with Crippen LogP contribution in [-0.4, -0.2) is 36.2 Å². The zero-order chi connectivity index (χ0) is 17.4. The largest absolute Gasteiger partial charge is 0.369 e. The first kappa shape index (κ1) is 15.2. The molecule has 5 nitrogen and oxygen atoms in total. The van der Waals surface area contributed by atoms with Crippen molar-refractivity contribution < 1.29 is 4.79 Å². The Labute approximate surface area is 145 Å². The highest BCUT2D eigenvalue weighted by atomic mass is 16.2. The molecule has 0 bridgehead atoms. The van der Waals surface area contributed by atoms with Crippen molar-refractivity contribution in [1.29, 1.82) is 0 Å². The Balaban J connectivity index is 1.72. The Morgan fingerprint density at radius 2 is 1.92 bits per heavy atom. The van der Waals surface area contributed by atoms with E-state index in [1.807, 2.05) is 73.6 Å². The number of aromatic amines is 1. The van der Waals surface area contributed by atoms with Crippen molar-refractivity contribution in [2.75, 3.05) is 19.4 Å². The lowest BCUT2D eigenvalue weighted by Gasteiger charge is -2.02. The number of para-hydroxylation sites is 1. The first-order valence-corrected chi connectivity index (χ1v) is 8.06. The molecule has 2 N–H and O–H groups in total. The lowest BCUT2D eigenvalue weighted by Crippen LogP contribution is -2.06. The van der Waals surface area contributed by atoms with E-state index in [0.717, 1.165) is 33.5 Å². The summed E-state index contributed by atoms with van der Waals surface area (Å²) in [6, 6.07) is 15.7. The number of amides is 1. The van der Waals surface area contributed by atoms with Crippen molar-refractivity contribution >= 4 is 46.2 Å². The highest BCUT2D eigenvalue weighted by molar-refractivity contribution is 6.34. The van der Waals surface area contributed by atoms with Gasteiger partial charge in [0.2, 0.25) is 0 Å². The number of fused-ring (bicyclic) bond motifs is 2. The van der Waals surface area contributed by atoms with E-state index in [-0.39, 0.29) is 5.91 Å². The van der Waals surface area contributed by atoms with Gasteiger partial charge in [-0.05, 0) is 36.4 Å². The summed E-state index contributed by atoms with van der Waals surface area (Å²) in [5.41, 5.74) is 5.27. The van der Waals surface area contributed by atoms with Crippen molar-refractivity contribution in [3.8, 4) is 0 Å². The number of benzene rings is 2. The van der Waals surface area contributed by atoms with Crippen LogP contribution in [0.15, 0.2) is 53.5 Å². The normalized spacial score (nSPS) is 15.1. The Morgan fingerprint density at radius 3 is 2.76 bits per heavy atom. The third kappa shape index (κ3) is 2.92. The summed E-state index contributed by atoms with van der Waals surface area (Å²) in [7, 11) is 3.88. The van der Waals surface area contributed by atoms with Crippen molar-refractivity contribution in [3.63, 3.8) is 0 Å². The molecule has 0 aliphatic carbocycles. The minimum Gasteiger partial charge on any atom is -0.369 e. The molecule has 0 fully saturated rings. The van der Waals surface area contributed by atoms with E-state index in [2.05, 4.69) is 15.3 Å². The second-order valence-electron chi connectivity index (χ2n) is 6.26. The number of aliphatic imine (C=N–C) groups is 1. The molecule has 3 aromatic rings. The Kier molecular flexibility index (Phi) is 3.61. The Bertz CT molecular complexity index is 1030. The zero-order valence-electron chi connectivity index (χ0n) is 14.1. The fourth-order valence-electron chi connectivity index (χ4n) is 2.92. The number of aromatic nitrogens is 1. The number of carbonyl (C=O) groups is 1. The third-order valence-electron chi connectivity index (χ3n) is 4.07. The molecule has 0 unspecified atom stereocenters. The Morgan fingerprint density at radius 1 is 1.08 bits per heavy atom. The van der Waals surface area contributed by atoms with Crippen molar-refractivity contribution in [1.82, 2.24) is 9.88 Å². The third-order valence-corrected chi connectivity index (χ3v) is 4.07. The molecule has 1 aliphatic rings. The van der Waals surface area contributed by atoms with Gasteiger partial charge in [-0.1, -0.05) is 18.2 Å². The predicted molar refractivity (Wildman–Crippen MR) is 103 cm³/mol. The van der Waals surface area contributed by atoms with Crippen molar-refractivity contribution in [2.24, 2.45) is 4.99 Å². The van der Waals surface area contributed by atoms with E-state index in [4.69, 9.17) is 0 Å². The van der Waals surface area contributed by atoms with Gasteiger partial charge in [0.1, 0.15) is 0 Å². The van der Waals surface area contributed by atoms with Gasteiger partial charge in [0, 0.05) is 41.9 Å². The maximum absolute atomic E-state index is 12.2. The quantitative estimate of drug-likeness (QED) is 0.435. The van der Waals surface area contributed by atoms with Crippen LogP contribution in [0.4, 0.5) is 11.4 Å². The maximum atomic E-state index is 12.2. The van der Waals surface area contributed by atoms with Gasteiger partial charge >= 0.3 is 0 Å². The van der Waals surface area contributed by atoms with E-state index in [1.165, 1.54) is 0 Å². The number of nitrogens with zero attached hydrogens (tertiary/aromatic N) is 2. The van der Waals surface area contributed by atoms with Crippen LogP contribution < -0.4 is 5.32 Å². The first-order chi connectivity index (χ1) is 12.1. The smallest absolute Gasteiger partial charge is 0.256 e. The number of nitrogens with one attached hydrogen (secondary N) is 2. The molecular weight excluding hydrogens is 312 g/mol. The molecule has 2 heterocycles. The highest BCUT2D eigenvalue weighted by Gasteiger charge is 2.23. The summed E-state index contributed by atoms with van der Waals surface area (Å²) < 4.78 is 0. The van der Waals surface area contributed by atoms with Gasteiger partial charge in [0.15, 0.2) is 0 Å². The zero-order valence-corrected chi connectivity index (χ0v) is 14.1. The number of carbonyl (C=O) groups excluding carboxylic acids is 1. The van der Waals surface area contributed by atoms with Gasteiger partial charge < -0.3 is 15.2 Å². The topological polar surface area (TPSA) is 60.5 Å². The number of rotatable bonds is 3. The van der Waals surface area contributed by atoms with Crippen LogP contribution in [-0.2, 0) is 4.79 Å². The van der Waals surface area contributed by atoms with Gasteiger partial charge in [-0.15, -0.1) is 0 Å². The summed E-state index contributed by atoms with van der Waals surface area (Å²) in [5, 5.41) is 3.95. The van der Waals surface area contributed by atoms with Crippen LogP contribution in [0.1, 0.15) is 11.3 Å². The van der Waals surface area contributed by atoms with Crippen LogP contribution in [0.25, 0.3) is 22.6 Å². The number of anilines is 1. The number of hydrogen-bond acceptors (Lipinski definition) is 2.